The predicted octanol–water partition coefficient (Wildman–Crippen LogP) is 2.69. The number of nitro benzene ring substituents is 1. The fraction of sp³-hybridized carbons (Fsp3) is 0.211. The predicted molar refractivity (Wildman–Crippen MR) is 101 cm³/mol. The first-order chi connectivity index (χ1) is 13.5. The van der Waals surface area contributed by atoms with Gasteiger partial charge in [-0.15, -0.1) is 0 Å². The van der Waals surface area contributed by atoms with E-state index in [0.717, 1.165) is 6.42 Å². The lowest BCUT2D eigenvalue weighted by Gasteiger charge is -2.06. The number of hydrogen-bond acceptors (Lipinski definition) is 7. The summed E-state index contributed by atoms with van der Waals surface area (Å²) in [7, 11) is 0. The van der Waals surface area contributed by atoms with E-state index < -0.39 is 16.8 Å². The smallest absolute Gasteiger partial charge is 0.338 e. The second-order valence-electron chi connectivity index (χ2n) is 5.59. The quantitative estimate of drug-likeness (QED) is 0.307. The molecule has 0 saturated carbocycles. The topological polar surface area (TPSA) is 120 Å². The minimum atomic E-state index is -0.515. The van der Waals surface area contributed by atoms with Gasteiger partial charge in [-0.1, -0.05) is 19.1 Å². The molecule has 9 nitrogen and oxygen atoms in total. The number of nitro groups is 1. The third-order valence-electron chi connectivity index (χ3n) is 3.38. The Kier molecular flexibility index (Phi) is 7.64. The van der Waals surface area contributed by atoms with Crippen LogP contribution in [0.4, 0.5) is 5.69 Å². The molecule has 0 aromatic heterocycles. The van der Waals surface area contributed by atoms with Gasteiger partial charge in [-0.3, -0.25) is 14.9 Å². The van der Waals surface area contributed by atoms with Crippen molar-refractivity contribution < 1.29 is 24.0 Å². The van der Waals surface area contributed by atoms with Gasteiger partial charge in [-0.05, 0) is 30.7 Å². The van der Waals surface area contributed by atoms with Gasteiger partial charge in [0, 0.05) is 17.7 Å². The van der Waals surface area contributed by atoms with Gasteiger partial charge >= 0.3 is 5.97 Å². The zero-order valence-corrected chi connectivity index (χ0v) is 15.2. The largest absolute Gasteiger partial charge is 0.484 e. The van der Waals surface area contributed by atoms with Gasteiger partial charge in [0.15, 0.2) is 6.61 Å². The zero-order chi connectivity index (χ0) is 20.4. The van der Waals surface area contributed by atoms with Crippen LogP contribution in [0.15, 0.2) is 53.6 Å². The number of hydrogen-bond donors (Lipinski definition) is 1. The van der Waals surface area contributed by atoms with Crippen molar-refractivity contribution >= 4 is 23.8 Å². The summed E-state index contributed by atoms with van der Waals surface area (Å²) < 4.78 is 10.3. The third-order valence-corrected chi connectivity index (χ3v) is 3.38. The van der Waals surface area contributed by atoms with Crippen LogP contribution in [0.5, 0.6) is 5.75 Å². The molecule has 9 heteroatoms. The number of nitrogens with one attached hydrogen (secondary N) is 1. The SMILES string of the molecule is CCCOC(=O)c1ccc(OCC(=O)NN=Cc2cccc([N+](=O)[O-])c2)cc1. The molecule has 0 spiro atoms. The number of amides is 1. The van der Waals surface area contributed by atoms with Crippen LogP contribution in [0.25, 0.3) is 0 Å². The molecule has 2 rings (SSSR count). The summed E-state index contributed by atoms with van der Waals surface area (Å²) in [6, 6.07) is 12.0. The monoisotopic (exact) mass is 385 g/mol. The summed E-state index contributed by atoms with van der Waals surface area (Å²) in [4.78, 5) is 33.6. The fourth-order valence-corrected chi connectivity index (χ4v) is 2.04. The highest BCUT2D eigenvalue weighted by atomic mass is 16.6. The molecule has 0 aliphatic heterocycles. The lowest BCUT2D eigenvalue weighted by molar-refractivity contribution is -0.384. The Balaban J connectivity index is 1.80. The van der Waals surface area contributed by atoms with Crippen molar-refractivity contribution in [3.8, 4) is 5.75 Å². The van der Waals surface area contributed by atoms with Crippen molar-refractivity contribution in [2.75, 3.05) is 13.2 Å². The Bertz CT molecular complexity index is 864. The first-order valence-electron chi connectivity index (χ1n) is 8.46. The van der Waals surface area contributed by atoms with E-state index in [-0.39, 0.29) is 12.3 Å². The fourth-order valence-electron chi connectivity index (χ4n) is 2.04. The molecule has 0 saturated heterocycles. The number of hydrazone groups is 1. The van der Waals surface area contributed by atoms with Gasteiger partial charge in [-0.25, -0.2) is 10.2 Å². The average molecular weight is 385 g/mol. The van der Waals surface area contributed by atoms with Gasteiger partial charge in [0.2, 0.25) is 0 Å². The molecule has 2 aromatic rings. The molecule has 0 heterocycles. The maximum atomic E-state index is 11.7. The van der Waals surface area contributed by atoms with E-state index in [4.69, 9.17) is 9.47 Å². The van der Waals surface area contributed by atoms with Gasteiger partial charge in [0.25, 0.3) is 11.6 Å². The lowest BCUT2D eigenvalue weighted by atomic mass is 10.2. The van der Waals surface area contributed by atoms with Crippen LogP contribution < -0.4 is 10.2 Å². The van der Waals surface area contributed by atoms with Crippen molar-refractivity contribution in [3.05, 3.63) is 69.8 Å². The van der Waals surface area contributed by atoms with Crippen molar-refractivity contribution in [3.63, 3.8) is 0 Å². The molecule has 0 aliphatic carbocycles. The van der Waals surface area contributed by atoms with Crippen LogP contribution >= 0.6 is 0 Å². The van der Waals surface area contributed by atoms with Crippen LogP contribution in [0, 0.1) is 10.1 Å². The highest BCUT2D eigenvalue weighted by Gasteiger charge is 2.08. The van der Waals surface area contributed by atoms with E-state index >= 15 is 0 Å². The van der Waals surface area contributed by atoms with Crippen molar-refractivity contribution in [2.45, 2.75) is 13.3 Å². The lowest BCUT2D eigenvalue weighted by Crippen LogP contribution is -2.24. The van der Waals surface area contributed by atoms with Gasteiger partial charge < -0.3 is 9.47 Å². The molecule has 0 fully saturated rings. The molecule has 0 radical (unpaired) electrons. The summed E-state index contributed by atoms with van der Waals surface area (Å²) in [6.45, 7) is 1.98. The van der Waals surface area contributed by atoms with Crippen molar-refractivity contribution in [2.24, 2.45) is 5.10 Å². The second-order valence-corrected chi connectivity index (χ2v) is 5.59. The third kappa shape index (κ3) is 6.52. The molecular formula is C19H19N3O6. The molecule has 1 amide bonds. The van der Waals surface area contributed by atoms with E-state index in [2.05, 4.69) is 10.5 Å². The molecule has 0 bridgehead atoms. The molecule has 0 atom stereocenters. The Morgan fingerprint density at radius 3 is 2.64 bits per heavy atom. The minimum absolute atomic E-state index is 0.0689. The van der Waals surface area contributed by atoms with E-state index in [0.29, 0.717) is 23.5 Å². The highest BCUT2D eigenvalue weighted by Crippen LogP contribution is 2.13. The molecular weight excluding hydrogens is 366 g/mol. The standard InChI is InChI=1S/C19H19N3O6/c1-2-10-27-19(24)15-6-8-17(9-7-15)28-13-18(23)21-20-12-14-4-3-5-16(11-14)22(25)26/h3-9,11-12H,2,10,13H2,1H3,(H,21,23). The highest BCUT2D eigenvalue weighted by molar-refractivity contribution is 5.89. The van der Waals surface area contributed by atoms with Gasteiger partial charge in [0.1, 0.15) is 5.75 Å². The van der Waals surface area contributed by atoms with E-state index in [1.165, 1.54) is 24.4 Å². The van der Waals surface area contributed by atoms with E-state index in [1.807, 2.05) is 6.92 Å². The maximum Gasteiger partial charge on any atom is 0.338 e. The first kappa shape index (κ1) is 20.6. The first-order valence-corrected chi connectivity index (χ1v) is 8.46. The average Bonchev–Trinajstić information content (AvgIpc) is 2.71. The number of carbonyl (C=O) groups is 2. The van der Waals surface area contributed by atoms with Crippen molar-refractivity contribution in [1.82, 2.24) is 5.43 Å². The summed E-state index contributed by atoms with van der Waals surface area (Å²) in [5.41, 5.74) is 3.06. The number of nitrogens with zero attached hydrogens (tertiary/aromatic N) is 2. The summed E-state index contributed by atoms with van der Waals surface area (Å²) in [6.07, 6.45) is 2.04. The molecule has 1 N–H and O–H groups in total. The van der Waals surface area contributed by atoms with E-state index in [9.17, 15) is 19.7 Å². The minimum Gasteiger partial charge on any atom is -0.484 e. The summed E-state index contributed by atoms with van der Waals surface area (Å²) in [5, 5.41) is 14.4. The zero-order valence-electron chi connectivity index (χ0n) is 15.2. The van der Waals surface area contributed by atoms with Crippen LogP contribution in [0.1, 0.15) is 29.3 Å². The van der Waals surface area contributed by atoms with Crippen LogP contribution in [0.2, 0.25) is 0 Å². The maximum absolute atomic E-state index is 11.7. The Morgan fingerprint density at radius 1 is 1.21 bits per heavy atom. The molecule has 0 aliphatic rings. The Hall–Kier alpha value is -3.75. The van der Waals surface area contributed by atoms with Crippen LogP contribution in [-0.4, -0.2) is 36.2 Å². The Morgan fingerprint density at radius 2 is 1.96 bits per heavy atom. The van der Waals surface area contributed by atoms with Crippen LogP contribution in [-0.2, 0) is 9.53 Å². The number of rotatable bonds is 9. The molecule has 146 valence electrons. The molecule has 28 heavy (non-hydrogen) atoms. The van der Waals surface area contributed by atoms with Gasteiger partial charge in [-0.2, -0.15) is 5.10 Å². The molecule has 0 unspecified atom stereocenters. The molecule has 2 aromatic carbocycles. The number of ether oxygens (including phenoxy) is 2. The van der Waals surface area contributed by atoms with Crippen LogP contribution in [0.3, 0.4) is 0 Å². The van der Waals surface area contributed by atoms with E-state index in [1.54, 1.807) is 30.3 Å². The van der Waals surface area contributed by atoms with Crippen molar-refractivity contribution in [1.29, 1.82) is 0 Å². The van der Waals surface area contributed by atoms with Gasteiger partial charge in [0.05, 0.1) is 23.3 Å². The number of carbonyl (C=O) groups excluding carboxylic acids is 2. The summed E-state index contributed by atoms with van der Waals surface area (Å²) in [5.74, 6) is -0.514. The number of benzene rings is 2. The number of non-ortho nitro benzene ring substituents is 1. The second kappa shape index (κ2) is 10.4. The Labute approximate surface area is 161 Å². The normalized spacial score (nSPS) is 10.5. The number of esters is 1. The summed E-state index contributed by atoms with van der Waals surface area (Å²) >= 11 is 0.